The Kier molecular flexibility index (Phi) is 3.29. The first-order chi connectivity index (χ1) is 5.39. The molecule has 1 fully saturated rings. The lowest BCUT2D eigenvalue weighted by Crippen LogP contribution is -2.35. The molecule has 0 radical (unpaired) electrons. The number of aliphatic carboxylic acids is 2. The molecule has 0 aromatic carbocycles. The number of halogens is 1. The number of hydrogen-bond acceptors (Lipinski definition) is 3. The van der Waals surface area contributed by atoms with Gasteiger partial charge in [-0.05, 0) is 13.3 Å². The van der Waals surface area contributed by atoms with Gasteiger partial charge in [0.15, 0.2) is 0 Å². The summed E-state index contributed by atoms with van der Waals surface area (Å²) in [7, 11) is 0. The van der Waals surface area contributed by atoms with Crippen LogP contribution in [0.15, 0.2) is 0 Å². The van der Waals surface area contributed by atoms with Gasteiger partial charge in [0.1, 0.15) is 6.04 Å². The maximum absolute atomic E-state index is 10.6. The van der Waals surface area contributed by atoms with Crippen LogP contribution >= 0.6 is 12.4 Å². The van der Waals surface area contributed by atoms with Crippen molar-refractivity contribution >= 4 is 24.3 Å². The summed E-state index contributed by atoms with van der Waals surface area (Å²) in [5, 5.41) is 17.2. The second-order valence-electron chi connectivity index (χ2n) is 3.40. The molecule has 0 aliphatic heterocycles. The van der Waals surface area contributed by atoms with Crippen molar-refractivity contribution < 1.29 is 19.8 Å². The summed E-state index contributed by atoms with van der Waals surface area (Å²) in [5.74, 6) is -2.53. The van der Waals surface area contributed by atoms with Gasteiger partial charge in [0.05, 0.1) is 5.41 Å². The third-order valence-corrected chi connectivity index (χ3v) is 2.51. The third-order valence-electron chi connectivity index (χ3n) is 2.51. The van der Waals surface area contributed by atoms with Crippen LogP contribution in [0.4, 0.5) is 0 Å². The van der Waals surface area contributed by atoms with Crippen molar-refractivity contribution in [1.82, 2.24) is 0 Å². The minimum absolute atomic E-state index is 0. The second kappa shape index (κ2) is 3.51. The quantitative estimate of drug-likeness (QED) is 0.604. The van der Waals surface area contributed by atoms with Crippen molar-refractivity contribution in [3.8, 4) is 0 Å². The summed E-state index contributed by atoms with van der Waals surface area (Å²) in [4.78, 5) is 20.9. The highest BCUT2D eigenvalue weighted by molar-refractivity contribution is 5.85. The molecular weight excluding hydrogens is 198 g/mol. The maximum atomic E-state index is 10.6. The summed E-state index contributed by atoms with van der Waals surface area (Å²) in [5.41, 5.74) is 4.35. The molecule has 1 aliphatic rings. The van der Waals surface area contributed by atoms with Gasteiger partial charge in [0.25, 0.3) is 0 Å². The van der Waals surface area contributed by atoms with Crippen LogP contribution in [0, 0.1) is 11.3 Å². The Labute approximate surface area is 81.3 Å². The van der Waals surface area contributed by atoms with E-state index in [0.717, 1.165) is 0 Å². The highest BCUT2D eigenvalue weighted by atomic mass is 35.5. The van der Waals surface area contributed by atoms with Gasteiger partial charge in [-0.2, -0.15) is 0 Å². The third kappa shape index (κ3) is 1.92. The SMILES string of the molecule is C[C@]1(C(=O)O)C[C@H]1C(N)C(=O)O.Cl. The molecule has 0 heterocycles. The van der Waals surface area contributed by atoms with E-state index in [1.807, 2.05) is 0 Å². The Balaban J connectivity index is 0.00000144. The molecule has 5 nitrogen and oxygen atoms in total. The van der Waals surface area contributed by atoms with Crippen molar-refractivity contribution in [3.05, 3.63) is 0 Å². The second-order valence-corrected chi connectivity index (χ2v) is 3.40. The Hall–Kier alpha value is -0.810. The molecule has 0 bridgehead atoms. The zero-order chi connectivity index (χ0) is 9.52. The molecule has 1 rings (SSSR count). The molecule has 0 amide bonds. The van der Waals surface area contributed by atoms with Crippen LogP contribution in [0.3, 0.4) is 0 Å². The Morgan fingerprint density at radius 1 is 1.54 bits per heavy atom. The average molecular weight is 210 g/mol. The van der Waals surface area contributed by atoms with E-state index < -0.39 is 29.3 Å². The molecule has 4 N–H and O–H groups in total. The smallest absolute Gasteiger partial charge is 0.320 e. The molecule has 6 heteroatoms. The van der Waals surface area contributed by atoms with Crippen LogP contribution in [-0.2, 0) is 9.59 Å². The normalized spacial score (nSPS) is 32.9. The van der Waals surface area contributed by atoms with Crippen LogP contribution in [0.25, 0.3) is 0 Å². The minimum atomic E-state index is -1.13. The zero-order valence-electron chi connectivity index (χ0n) is 7.06. The van der Waals surface area contributed by atoms with E-state index in [0.29, 0.717) is 6.42 Å². The molecule has 13 heavy (non-hydrogen) atoms. The van der Waals surface area contributed by atoms with Crippen LogP contribution in [0.2, 0.25) is 0 Å². The van der Waals surface area contributed by atoms with E-state index in [4.69, 9.17) is 15.9 Å². The Bertz CT molecular complexity index is 245. The number of nitrogens with two attached hydrogens (primary N) is 1. The van der Waals surface area contributed by atoms with Crippen LogP contribution in [0.1, 0.15) is 13.3 Å². The molecule has 1 aliphatic carbocycles. The van der Waals surface area contributed by atoms with E-state index in [2.05, 4.69) is 0 Å². The van der Waals surface area contributed by atoms with Gasteiger partial charge in [0, 0.05) is 5.92 Å². The number of rotatable bonds is 3. The van der Waals surface area contributed by atoms with Gasteiger partial charge in [-0.15, -0.1) is 12.4 Å². The lowest BCUT2D eigenvalue weighted by molar-refractivity contribution is -0.144. The highest BCUT2D eigenvalue weighted by Crippen LogP contribution is 2.53. The van der Waals surface area contributed by atoms with Gasteiger partial charge in [0.2, 0.25) is 0 Å². The van der Waals surface area contributed by atoms with E-state index >= 15 is 0 Å². The molecule has 1 saturated carbocycles. The first kappa shape index (κ1) is 12.2. The lowest BCUT2D eigenvalue weighted by atomic mass is 10.0. The fourth-order valence-electron chi connectivity index (χ4n) is 1.34. The minimum Gasteiger partial charge on any atom is -0.481 e. The predicted octanol–water partition coefficient (Wildman–Crippen LogP) is -0.0691. The predicted molar refractivity (Wildman–Crippen MR) is 46.7 cm³/mol. The van der Waals surface area contributed by atoms with E-state index in [-0.39, 0.29) is 12.4 Å². The Morgan fingerprint density at radius 2 is 2.00 bits per heavy atom. The lowest BCUT2D eigenvalue weighted by Gasteiger charge is -2.08. The summed E-state index contributed by atoms with van der Waals surface area (Å²) in [6, 6.07) is -1.05. The first-order valence-electron chi connectivity index (χ1n) is 3.61. The van der Waals surface area contributed by atoms with Gasteiger partial charge < -0.3 is 15.9 Å². The summed E-state index contributed by atoms with van der Waals surface area (Å²) in [6.07, 6.45) is 0.357. The molecule has 76 valence electrons. The topological polar surface area (TPSA) is 101 Å². The number of carbonyl (C=O) groups is 2. The van der Waals surface area contributed by atoms with Gasteiger partial charge >= 0.3 is 11.9 Å². The maximum Gasteiger partial charge on any atom is 0.320 e. The van der Waals surface area contributed by atoms with Crippen molar-refractivity contribution in [1.29, 1.82) is 0 Å². The monoisotopic (exact) mass is 209 g/mol. The highest BCUT2D eigenvalue weighted by Gasteiger charge is 2.60. The number of carboxylic acid groups (broad SMARTS) is 2. The van der Waals surface area contributed by atoms with Gasteiger partial charge in [-0.1, -0.05) is 0 Å². The van der Waals surface area contributed by atoms with Crippen LogP contribution in [-0.4, -0.2) is 28.2 Å². The summed E-state index contributed by atoms with van der Waals surface area (Å²) >= 11 is 0. The molecule has 1 unspecified atom stereocenters. The number of hydrogen-bond donors (Lipinski definition) is 3. The molecule has 0 aromatic rings. The van der Waals surface area contributed by atoms with E-state index in [1.54, 1.807) is 0 Å². The summed E-state index contributed by atoms with van der Waals surface area (Å²) in [6.45, 7) is 1.52. The van der Waals surface area contributed by atoms with Crippen molar-refractivity contribution in [2.45, 2.75) is 19.4 Å². The van der Waals surface area contributed by atoms with E-state index in [9.17, 15) is 9.59 Å². The fourth-order valence-corrected chi connectivity index (χ4v) is 1.34. The zero-order valence-corrected chi connectivity index (χ0v) is 7.87. The molecule has 0 saturated heterocycles. The van der Waals surface area contributed by atoms with Crippen LogP contribution in [0.5, 0.6) is 0 Å². The van der Waals surface area contributed by atoms with Crippen molar-refractivity contribution in [2.24, 2.45) is 17.1 Å². The van der Waals surface area contributed by atoms with Gasteiger partial charge in [-0.25, -0.2) is 0 Å². The van der Waals surface area contributed by atoms with Crippen LogP contribution < -0.4 is 5.73 Å². The molecule has 0 aromatic heterocycles. The Morgan fingerprint density at radius 3 is 2.23 bits per heavy atom. The molecule has 3 atom stereocenters. The van der Waals surface area contributed by atoms with Gasteiger partial charge in [-0.3, -0.25) is 9.59 Å². The first-order valence-corrected chi connectivity index (χ1v) is 3.61. The van der Waals surface area contributed by atoms with E-state index in [1.165, 1.54) is 6.92 Å². The molecule has 0 spiro atoms. The fraction of sp³-hybridized carbons (Fsp3) is 0.714. The number of carboxylic acids is 2. The standard InChI is InChI=1S/C7H11NO4.ClH/c1-7(6(11)12)2-3(7)4(8)5(9)10;/h3-4H,2,8H2,1H3,(H,9,10)(H,11,12);1H/t3-,4?,7-;/m0./s1. The molecular formula is C7H12ClNO4. The largest absolute Gasteiger partial charge is 0.481 e. The average Bonchev–Trinajstić information content (AvgIpc) is 2.62. The summed E-state index contributed by atoms with van der Waals surface area (Å²) < 4.78 is 0. The van der Waals surface area contributed by atoms with Crippen molar-refractivity contribution in [3.63, 3.8) is 0 Å². The van der Waals surface area contributed by atoms with Crippen molar-refractivity contribution in [2.75, 3.05) is 0 Å².